The minimum absolute atomic E-state index is 0.0590. The summed E-state index contributed by atoms with van der Waals surface area (Å²) in [4.78, 5) is 19.8. The lowest BCUT2D eigenvalue weighted by Crippen LogP contribution is -2.38. The molecule has 0 bridgehead atoms. The molecule has 2 heterocycles. The van der Waals surface area contributed by atoms with Gasteiger partial charge in [0.25, 0.3) is 5.91 Å². The van der Waals surface area contributed by atoms with Gasteiger partial charge >= 0.3 is 0 Å². The summed E-state index contributed by atoms with van der Waals surface area (Å²) in [5.74, 6) is 0.286. The Morgan fingerprint density at radius 1 is 1.14 bits per heavy atom. The maximum Gasteiger partial charge on any atom is 0.251 e. The normalized spacial score (nSPS) is 15.7. The quantitative estimate of drug-likeness (QED) is 0.475. The third-order valence-electron chi connectivity index (χ3n) is 6.86. The number of hydrogen-bond donors (Lipinski definition) is 1. The molecular formula is C29H32N4O3S. The molecule has 1 N–H and O–H groups in total. The lowest BCUT2D eigenvalue weighted by Gasteiger charge is -2.40. The summed E-state index contributed by atoms with van der Waals surface area (Å²) < 4.78 is 24.0. The molecule has 0 unspecified atom stereocenters. The topological polar surface area (TPSA) is 103 Å². The molecule has 8 heteroatoms. The largest absolute Gasteiger partial charge is 0.348 e. The van der Waals surface area contributed by atoms with Crippen molar-refractivity contribution in [2.24, 2.45) is 5.92 Å². The molecule has 1 amide bonds. The van der Waals surface area contributed by atoms with Gasteiger partial charge in [-0.3, -0.25) is 9.69 Å². The number of amides is 1. The molecule has 7 nitrogen and oxygen atoms in total. The molecule has 37 heavy (non-hydrogen) atoms. The number of nitriles is 1. The van der Waals surface area contributed by atoms with Crippen LogP contribution in [-0.2, 0) is 29.3 Å². The van der Waals surface area contributed by atoms with Crippen LogP contribution in [0.3, 0.4) is 0 Å². The molecule has 1 aliphatic heterocycles. The number of carbonyl (C=O) groups is 1. The molecule has 4 rings (SSSR count). The fourth-order valence-electron chi connectivity index (χ4n) is 4.89. The second-order valence-corrected chi connectivity index (χ2v) is 12.0. The molecule has 0 radical (unpaired) electrons. The van der Waals surface area contributed by atoms with Gasteiger partial charge < -0.3 is 5.32 Å². The third-order valence-corrected chi connectivity index (χ3v) is 8.61. The van der Waals surface area contributed by atoms with Crippen LogP contribution in [0.4, 0.5) is 0 Å². The van der Waals surface area contributed by atoms with Crippen LogP contribution >= 0.6 is 0 Å². The predicted octanol–water partition coefficient (Wildman–Crippen LogP) is 4.43. The summed E-state index contributed by atoms with van der Waals surface area (Å²) in [7, 11) is -3.24. The van der Waals surface area contributed by atoms with Crippen LogP contribution in [0.25, 0.3) is 0 Å². The van der Waals surface area contributed by atoms with Crippen molar-refractivity contribution in [3.63, 3.8) is 0 Å². The number of hydrogen-bond acceptors (Lipinski definition) is 6. The summed E-state index contributed by atoms with van der Waals surface area (Å²) in [5.41, 5.74) is 5.39. The van der Waals surface area contributed by atoms with Gasteiger partial charge in [-0.25, -0.2) is 13.4 Å². The van der Waals surface area contributed by atoms with E-state index in [4.69, 9.17) is 5.26 Å². The number of aromatic nitrogens is 1. The summed E-state index contributed by atoms with van der Waals surface area (Å²) in [6.07, 6.45) is 2.62. The van der Waals surface area contributed by atoms with Crippen LogP contribution in [-0.4, -0.2) is 36.5 Å². The van der Waals surface area contributed by atoms with E-state index in [0.29, 0.717) is 28.6 Å². The first-order valence-electron chi connectivity index (χ1n) is 12.5. The van der Waals surface area contributed by atoms with E-state index in [0.717, 1.165) is 30.6 Å². The minimum atomic E-state index is -3.24. The van der Waals surface area contributed by atoms with E-state index in [1.807, 2.05) is 18.2 Å². The molecule has 1 aliphatic rings. The summed E-state index contributed by atoms with van der Waals surface area (Å²) in [6.45, 7) is 7.98. The molecule has 0 spiro atoms. The number of benzene rings is 2. The standard InChI is InChI=1S/C29H32N4O3S/c1-4-37(35,36)26-10-6-21(7-11-26)17-32-29(34)24-8-12-27-23(15-24)13-14-33(28(27)20(2)3)19-22-5-9-25(16-30)31-18-22/h5-12,15,18,20,28H,4,13-14,17,19H2,1-3H3,(H,32,34)/t28-/m1/s1. The van der Waals surface area contributed by atoms with Crippen LogP contribution in [0.5, 0.6) is 0 Å². The first-order valence-corrected chi connectivity index (χ1v) is 14.2. The number of sulfone groups is 1. The van der Waals surface area contributed by atoms with Crippen molar-refractivity contribution >= 4 is 15.7 Å². The molecule has 0 aliphatic carbocycles. The highest BCUT2D eigenvalue weighted by Gasteiger charge is 2.30. The fourth-order valence-corrected chi connectivity index (χ4v) is 5.78. The second kappa shape index (κ2) is 11.2. The van der Waals surface area contributed by atoms with Gasteiger partial charge in [-0.05, 0) is 64.9 Å². The zero-order chi connectivity index (χ0) is 26.6. The van der Waals surface area contributed by atoms with Crippen LogP contribution < -0.4 is 5.32 Å². The highest BCUT2D eigenvalue weighted by molar-refractivity contribution is 7.91. The van der Waals surface area contributed by atoms with Crippen molar-refractivity contribution in [1.82, 2.24) is 15.2 Å². The van der Waals surface area contributed by atoms with E-state index >= 15 is 0 Å². The fraction of sp³-hybridized carbons (Fsp3) is 0.345. The van der Waals surface area contributed by atoms with Gasteiger partial charge in [0.05, 0.1) is 10.6 Å². The lowest BCUT2D eigenvalue weighted by molar-refractivity contribution is 0.0950. The van der Waals surface area contributed by atoms with Crippen LogP contribution in [0.15, 0.2) is 65.7 Å². The average molecular weight is 517 g/mol. The molecule has 192 valence electrons. The number of nitrogens with one attached hydrogen (secondary N) is 1. The van der Waals surface area contributed by atoms with Crippen molar-refractivity contribution in [3.05, 3.63) is 94.3 Å². The van der Waals surface area contributed by atoms with E-state index in [2.05, 4.69) is 41.2 Å². The Bertz CT molecular complexity index is 1410. The Morgan fingerprint density at radius 3 is 2.49 bits per heavy atom. The maximum atomic E-state index is 12.9. The summed E-state index contributed by atoms with van der Waals surface area (Å²) in [5, 5.41) is 12.0. The predicted molar refractivity (Wildman–Crippen MR) is 142 cm³/mol. The third kappa shape index (κ3) is 6.07. The highest BCUT2D eigenvalue weighted by Crippen LogP contribution is 2.36. The SMILES string of the molecule is CCS(=O)(=O)c1ccc(CNC(=O)c2ccc3c(c2)CCN(Cc2ccc(C#N)nc2)[C@@H]3C(C)C)cc1. The van der Waals surface area contributed by atoms with Gasteiger partial charge in [-0.15, -0.1) is 0 Å². The molecule has 1 aromatic heterocycles. The molecule has 1 atom stereocenters. The second-order valence-electron chi connectivity index (χ2n) is 9.72. The van der Waals surface area contributed by atoms with Crippen molar-refractivity contribution < 1.29 is 13.2 Å². The highest BCUT2D eigenvalue weighted by atomic mass is 32.2. The molecule has 0 saturated carbocycles. The van der Waals surface area contributed by atoms with Crippen molar-refractivity contribution in [2.45, 2.75) is 51.2 Å². The zero-order valence-corrected chi connectivity index (χ0v) is 22.3. The van der Waals surface area contributed by atoms with Gasteiger partial charge in [-0.1, -0.05) is 45.0 Å². The molecule has 2 aromatic carbocycles. The van der Waals surface area contributed by atoms with E-state index in [-0.39, 0.29) is 17.7 Å². The Morgan fingerprint density at radius 2 is 1.86 bits per heavy atom. The Labute approximate surface area is 219 Å². The first-order chi connectivity index (χ1) is 17.7. The Hall–Kier alpha value is -3.54. The first kappa shape index (κ1) is 26.5. The van der Waals surface area contributed by atoms with Crippen LogP contribution in [0, 0.1) is 17.2 Å². The Kier molecular flexibility index (Phi) is 8.06. The van der Waals surface area contributed by atoms with Crippen LogP contribution in [0.2, 0.25) is 0 Å². The van der Waals surface area contributed by atoms with Gasteiger partial charge in [0.2, 0.25) is 0 Å². The number of carbonyl (C=O) groups excluding carboxylic acids is 1. The Balaban J connectivity index is 1.45. The van der Waals surface area contributed by atoms with E-state index in [1.165, 1.54) is 11.1 Å². The number of nitrogens with zero attached hydrogens (tertiary/aromatic N) is 3. The van der Waals surface area contributed by atoms with Gasteiger partial charge in [0.15, 0.2) is 9.84 Å². The van der Waals surface area contributed by atoms with Gasteiger partial charge in [0.1, 0.15) is 11.8 Å². The smallest absolute Gasteiger partial charge is 0.251 e. The van der Waals surface area contributed by atoms with E-state index in [1.54, 1.807) is 43.5 Å². The summed E-state index contributed by atoms with van der Waals surface area (Å²) >= 11 is 0. The average Bonchev–Trinajstić information content (AvgIpc) is 2.91. The number of pyridine rings is 1. The van der Waals surface area contributed by atoms with Crippen molar-refractivity contribution in [2.75, 3.05) is 12.3 Å². The van der Waals surface area contributed by atoms with E-state index < -0.39 is 9.84 Å². The molecular weight excluding hydrogens is 484 g/mol. The molecule has 0 saturated heterocycles. The number of fused-ring (bicyclic) bond motifs is 1. The van der Waals surface area contributed by atoms with Crippen molar-refractivity contribution in [3.8, 4) is 6.07 Å². The van der Waals surface area contributed by atoms with E-state index in [9.17, 15) is 13.2 Å². The monoisotopic (exact) mass is 516 g/mol. The number of rotatable bonds is 8. The minimum Gasteiger partial charge on any atom is -0.348 e. The maximum absolute atomic E-state index is 12.9. The van der Waals surface area contributed by atoms with Crippen LogP contribution in [0.1, 0.15) is 65.1 Å². The molecule has 3 aromatic rings. The zero-order valence-electron chi connectivity index (χ0n) is 21.4. The van der Waals surface area contributed by atoms with Crippen molar-refractivity contribution in [1.29, 1.82) is 5.26 Å². The van der Waals surface area contributed by atoms with Gasteiger partial charge in [0, 0.05) is 37.4 Å². The van der Waals surface area contributed by atoms with Gasteiger partial charge in [-0.2, -0.15) is 5.26 Å². The summed E-state index contributed by atoms with van der Waals surface area (Å²) in [6, 6.07) is 18.6. The molecule has 0 fully saturated rings. The lowest BCUT2D eigenvalue weighted by atomic mass is 9.85.